The van der Waals surface area contributed by atoms with E-state index in [9.17, 15) is 4.79 Å². The van der Waals surface area contributed by atoms with Gasteiger partial charge in [0.1, 0.15) is 0 Å². The standard InChI is InChI=1S/C22H24ClN3OS/c1-4-16-9-11-19-20(15-16)28-22(24-19)26(14-13-25(2)3)21(27)12-10-17-7-5-6-8-18(17)23/h5-12,15H,4,13-14H2,1-3H3/b12-10+. The minimum atomic E-state index is -0.100. The van der Waals surface area contributed by atoms with E-state index in [4.69, 9.17) is 16.6 Å². The van der Waals surface area contributed by atoms with Crippen LogP contribution in [0, 0.1) is 0 Å². The Morgan fingerprint density at radius 3 is 2.68 bits per heavy atom. The average molecular weight is 414 g/mol. The monoisotopic (exact) mass is 413 g/mol. The molecule has 6 heteroatoms. The predicted octanol–water partition coefficient (Wildman–Crippen LogP) is 5.12. The second-order valence-corrected chi connectivity index (χ2v) is 8.22. The first kappa shape index (κ1) is 20.5. The van der Waals surface area contributed by atoms with Gasteiger partial charge in [-0.05, 0) is 55.9 Å². The Labute approximate surface area is 175 Å². The number of benzene rings is 2. The van der Waals surface area contributed by atoms with Gasteiger partial charge in [-0.25, -0.2) is 4.98 Å². The van der Waals surface area contributed by atoms with Crippen LogP contribution in [-0.2, 0) is 11.2 Å². The number of aryl methyl sites for hydroxylation is 1. The summed E-state index contributed by atoms with van der Waals surface area (Å²) >= 11 is 7.75. The van der Waals surface area contributed by atoms with Gasteiger partial charge in [0.15, 0.2) is 5.13 Å². The van der Waals surface area contributed by atoms with Crippen LogP contribution in [0.25, 0.3) is 16.3 Å². The lowest BCUT2D eigenvalue weighted by molar-refractivity contribution is -0.114. The highest BCUT2D eigenvalue weighted by Crippen LogP contribution is 2.30. The molecule has 0 saturated heterocycles. The van der Waals surface area contributed by atoms with Crippen LogP contribution in [0.4, 0.5) is 5.13 Å². The molecular formula is C22H24ClN3OS. The number of nitrogens with zero attached hydrogens (tertiary/aromatic N) is 3. The molecule has 0 atom stereocenters. The van der Waals surface area contributed by atoms with Gasteiger partial charge >= 0.3 is 0 Å². The van der Waals surface area contributed by atoms with Crippen molar-refractivity contribution < 1.29 is 4.79 Å². The lowest BCUT2D eigenvalue weighted by Crippen LogP contribution is -2.35. The maximum absolute atomic E-state index is 13.0. The summed E-state index contributed by atoms with van der Waals surface area (Å²) < 4.78 is 1.10. The van der Waals surface area contributed by atoms with Gasteiger partial charge in [-0.3, -0.25) is 9.69 Å². The van der Waals surface area contributed by atoms with E-state index in [1.807, 2.05) is 44.4 Å². The molecule has 2 aromatic carbocycles. The summed E-state index contributed by atoms with van der Waals surface area (Å²) in [5, 5.41) is 1.34. The number of hydrogen-bond donors (Lipinski definition) is 0. The number of aromatic nitrogens is 1. The van der Waals surface area contributed by atoms with Crippen molar-refractivity contribution in [2.45, 2.75) is 13.3 Å². The molecule has 0 unspecified atom stereocenters. The zero-order chi connectivity index (χ0) is 20.1. The van der Waals surface area contributed by atoms with E-state index in [1.165, 1.54) is 5.56 Å². The van der Waals surface area contributed by atoms with Crippen LogP contribution >= 0.6 is 22.9 Å². The van der Waals surface area contributed by atoms with Crippen molar-refractivity contribution in [3.63, 3.8) is 0 Å². The zero-order valence-electron chi connectivity index (χ0n) is 16.4. The van der Waals surface area contributed by atoms with Crippen LogP contribution in [-0.4, -0.2) is 43.0 Å². The van der Waals surface area contributed by atoms with E-state index in [-0.39, 0.29) is 5.91 Å². The molecule has 0 aliphatic carbocycles. The molecule has 0 aliphatic heterocycles. The van der Waals surface area contributed by atoms with Gasteiger partial charge in [-0.2, -0.15) is 0 Å². The summed E-state index contributed by atoms with van der Waals surface area (Å²) in [6, 6.07) is 13.8. The lowest BCUT2D eigenvalue weighted by Gasteiger charge is -2.20. The summed E-state index contributed by atoms with van der Waals surface area (Å²) in [6.07, 6.45) is 4.31. The second kappa shape index (κ2) is 9.32. The number of halogens is 1. The van der Waals surface area contributed by atoms with E-state index in [0.717, 1.165) is 33.9 Å². The molecule has 3 aromatic rings. The van der Waals surface area contributed by atoms with Gasteiger partial charge in [-0.1, -0.05) is 54.1 Å². The van der Waals surface area contributed by atoms with Gasteiger partial charge in [0.25, 0.3) is 5.91 Å². The third-order valence-electron chi connectivity index (χ3n) is 4.43. The van der Waals surface area contributed by atoms with Crippen molar-refractivity contribution in [3.8, 4) is 0 Å². The van der Waals surface area contributed by atoms with Crippen molar-refractivity contribution >= 4 is 50.3 Å². The fourth-order valence-corrected chi connectivity index (χ4v) is 4.01. The number of fused-ring (bicyclic) bond motifs is 1. The number of thiazole rings is 1. The molecular weight excluding hydrogens is 390 g/mol. The van der Waals surface area contributed by atoms with Crippen LogP contribution in [0.2, 0.25) is 5.02 Å². The summed E-state index contributed by atoms with van der Waals surface area (Å²) in [5.41, 5.74) is 3.02. The van der Waals surface area contributed by atoms with Crippen molar-refractivity contribution in [1.82, 2.24) is 9.88 Å². The Bertz CT molecular complexity index is 996. The second-order valence-electron chi connectivity index (χ2n) is 6.80. The number of likely N-dealkylation sites (N-methyl/N-ethyl adjacent to an activating group) is 1. The molecule has 0 saturated carbocycles. The normalized spacial score (nSPS) is 11.6. The van der Waals surface area contributed by atoms with Crippen molar-refractivity contribution in [1.29, 1.82) is 0 Å². The molecule has 0 bridgehead atoms. The number of hydrogen-bond acceptors (Lipinski definition) is 4. The lowest BCUT2D eigenvalue weighted by atomic mass is 10.2. The molecule has 0 aliphatic rings. The molecule has 4 nitrogen and oxygen atoms in total. The zero-order valence-corrected chi connectivity index (χ0v) is 17.9. The largest absolute Gasteiger partial charge is 0.308 e. The highest BCUT2D eigenvalue weighted by Gasteiger charge is 2.18. The Balaban J connectivity index is 1.90. The maximum atomic E-state index is 13.0. The number of anilines is 1. The quantitative estimate of drug-likeness (QED) is 0.504. The van der Waals surface area contributed by atoms with E-state index in [2.05, 4.69) is 24.0 Å². The van der Waals surface area contributed by atoms with Crippen LogP contribution in [0.15, 0.2) is 48.5 Å². The fourth-order valence-electron chi connectivity index (χ4n) is 2.75. The SMILES string of the molecule is CCc1ccc2nc(N(CCN(C)C)C(=O)/C=C/c3ccccc3Cl)sc2c1. The predicted molar refractivity (Wildman–Crippen MR) is 120 cm³/mol. The van der Waals surface area contributed by atoms with Gasteiger partial charge in [0.05, 0.1) is 10.2 Å². The molecule has 28 heavy (non-hydrogen) atoms. The summed E-state index contributed by atoms with van der Waals surface area (Å²) in [5.74, 6) is -0.100. The van der Waals surface area contributed by atoms with Crippen molar-refractivity contribution in [2.75, 3.05) is 32.1 Å². The molecule has 0 N–H and O–H groups in total. The van der Waals surface area contributed by atoms with Gasteiger partial charge in [0, 0.05) is 24.2 Å². The first-order valence-electron chi connectivity index (χ1n) is 9.26. The minimum absolute atomic E-state index is 0.100. The highest BCUT2D eigenvalue weighted by atomic mass is 35.5. The average Bonchev–Trinajstić information content (AvgIpc) is 3.09. The highest BCUT2D eigenvalue weighted by molar-refractivity contribution is 7.22. The van der Waals surface area contributed by atoms with E-state index >= 15 is 0 Å². The summed E-state index contributed by atoms with van der Waals surface area (Å²) in [7, 11) is 3.99. The van der Waals surface area contributed by atoms with Crippen LogP contribution in [0.5, 0.6) is 0 Å². The molecule has 0 fully saturated rings. The smallest absolute Gasteiger partial charge is 0.252 e. The first-order chi connectivity index (χ1) is 13.5. The molecule has 1 aromatic heterocycles. The third-order valence-corrected chi connectivity index (χ3v) is 5.81. The number of rotatable bonds is 7. The molecule has 146 valence electrons. The molecule has 0 radical (unpaired) electrons. The summed E-state index contributed by atoms with van der Waals surface area (Å²) in [4.78, 5) is 21.5. The van der Waals surface area contributed by atoms with Crippen LogP contribution in [0.3, 0.4) is 0 Å². The third kappa shape index (κ3) is 4.98. The van der Waals surface area contributed by atoms with Crippen molar-refractivity contribution in [2.24, 2.45) is 0 Å². The maximum Gasteiger partial charge on any atom is 0.252 e. The summed E-state index contributed by atoms with van der Waals surface area (Å²) in [6.45, 7) is 3.45. The Morgan fingerprint density at radius 2 is 1.96 bits per heavy atom. The van der Waals surface area contributed by atoms with Crippen LogP contribution < -0.4 is 4.90 Å². The first-order valence-corrected chi connectivity index (χ1v) is 10.5. The number of carbonyl (C=O) groups is 1. The van der Waals surface area contributed by atoms with Crippen molar-refractivity contribution in [3.05, 3.63) is 64.7 Å². The Morgan fingerprint density at radius 1 is 1.18 bits per heavy atom. The van der Waals surface area contributed by atoms with Gasteiger partial charge in [0.2, 0.25) is 0 Å². The van der Waals surface area contributed by atoms with Gasteiger partial charge in [-0.15, -0.1) is 0 Å². The number of amides is 1. The van der Waals surface area contributed by atoms with E-state index in [1.54, 1.807) is 28.4 Å². The minimum Gasteiger partial charge on any atom is -0.308 e. The molecule has 1 amide bonds. The Hall–Kier alpha value is -2.21. The topological polar surface area (TPSA) is 36.4 Å². The molecule has 0 spiro atoms. The fraction of sp³-hybridized carbons (Fsp3) is 0.273. The van der Waals surface area contributed by atoms with E-state index in [0.29, 0.717) is 11.6 Å². The number of carbonyl (C=O) groups excluding carboxylic acids is 1. The molecule has 1 heterocycles. The Kier molecular flexibility index (Phi) is 6.83. The van der Waals surface area contributed by atoms with Crippen LogP contribution in [0.1, 0.15) is 18.1 Å². The van der Waals surface area contributed by atoms with E-state index < -0.39 is 0 Å². The molecule has 3 rings (SSSR count). The van der Waals surface area contributed by atoms with Gasteiger partial charge < -0.3 is 4.90 Å².